The number of nitrogens with one attached hydrogen (secondary N) is 2. The van der Waals surface area contributed by atoms with Crippen LogP contribution in [0.3, 0.4) is 0 Å². The predicted molar refractivity (Wildman–Crippen MR) is 91.6 cm³/mol. The zero-order chi connectivity index (χ0) is 17.5. The van der Waals surface area contributed by atoms with Crippen molar-refractivity contribution in [1.82, 2.24) is 9.97 Å². The van der Waals surface area contributed by atoms with Gasteiger partial charge in [-0.15, -0.1) is 0 Å². The number of hydrogen-bond acceptors (Lipinski definition) is 6. The van der Waals surface area contributed by atoms with Crippen LogP contribution in [0.2, 0.25) is 5.02 Å². The number of esters is 1. The molecule has 7 nitrogen and oxygen atoms in total. The second kappa shape index (κ2) is 8.26. The molecule has 8 heteroatoms. The fourth-order valence-corrected chi connectivity index (χ4v) is 2.05. The zero-order valence-corrected chi connectivity index (χ0v) is 14.1. The highest BCUT2D eigenvalue weighted by molar-refractivity contribution is 6.34. The number of carbonyl (C=O) groups excluding carboxylic acids is 2. The normalized spacial score (nSPS) is 10.1. The number of nitrogens with zero attached hydrogens (tertiary/aromatic N) is 2. The van der Waals surface area contributed by atoms with Crippen LogP contribution in [-0.2, 0) is 4.74 Å². The van der Waals surface area contributed by atoms with Crippen LogP contribution >= 0.6 is 11.6 Å². The topological polar surface area (TPSA) is 93.2 Å². The molecular formula is C16H17ClN4O3. The Hall–Kier alpha value is -2.67. The maximum absolute atomic E-state index is 12.3. The Balaban J connectivity index is 2.19. The third-order valence-corrected chi connectivity index (χ3v) is 3.42. The molecule has 0 spiro atoms. The van der Waals surface area contributed by atoms with E-state index in [2.05, 4.69) is 25.3 Å². The minimum atomic E-state index is -0.518. The number of rotatable bonds is 6. The fraction of sp³-hybridized carbons (Fsp3) is 0.250. The number of aromatic nitrogens is 2. The summed E-state index contributed by atoms with van der Waals surface area (Å²) in [5.41, 5.74) is 0.763. The first kappa shape index (κ1) is 17.7. The lowest BCUT2D eigenvalue weighted by atomic mass is 10.2. The van der Waals surface area contributed by atoms with E-state index in [4.69, 9.17) is 11.6 Å². The summed E-state index contributed by atoms with van der Waals surface area (Å²) in [5.74, 6) is -0.414. The highest BCUT2D eigenvalue weighted by atomic mass is 35.5. The molecule has 0 saturated carbocycles. The first-order valence-corrected chi connectivity index (χ1v) is 7.68. The number of anilines is 2. The summed E-state index contributed by atoms with van der Waals surface area (Å²) in [7, 11) is 1.28. The largest absolute Gasteiger partial charge is 0.465 e. The molecule has 1 heterocycles. The number of hydrogen-bond donors (Lipinski definition) is 2. The lowest BCUT2D eigenvalue weighted by Gasteiger charge is -2.09. The van der Waals surface area contributed by atoms with Gasteiger partial charge in [-0.05, 0) is 24.6 Å². The average Bonchev–Trinajstić information content (AvgIpc) is 2.61. The molecule has 2 N–H and O–H groups in total. The van der Waals surface area contributed by atoms with Gasteiger partial charge in [-0.25, -0.2) is 14.8 Å². The monoisotopic (exact) mass is 348 g/mol. The maximum atomic E-state index is 12.3. The lowest BCUT2D eigenvalue weighted by molar-refractivity contribution is 0.0600. The summed E-state index contributed by atoms with van der Waals surface area (Å²) < 4.78 is 4.65. The molecule has 1 aromatic heterocycles. The molecule has 126 valence electrons. The molecule has 0 aliphatic rings. The Morgan fingerprint density at radius 2 is 2.04 bits per heavy atom. The highest BCUT2D eigenvalue weighted by Gasteiger charge is 2.14. The molecule has 2 aromatic rings. The van der Waals surface area contributed by atoms with Gasteiger partial charge in [0.15, 0.2) is 0 Å². The van der Waals surface area contributed by atoms with Crippen LogP contribution in [0.1, 0.15) is 34.2 Å². The fourth-order valence-electron chi connectivity index (χ4n) is 1.88. The van der Waals surface area contributed by atoms with Crippen LogP contribution < -0.4 is 10.6 Å². The van der Waals surface area contributed by atoms with Crippen LogP contribution in [0.15, 0.2) is 30.6 Å². The quantitative estimate of drug-likeness (QED) is 0.779. The van der Waals surface area contributed by atoms with Crippen molar-refractivity contribution in [2.45, 2.75) is 13.3 Å². The molecule has 0 saturated heterocycles. The molecule has 24 heavy (non-hydrogen) atoms. The van der Waals surface area contributed by atoms with Crippen LogP contribution in [0, 0.1) is 0 Å². The molecule has 0 unspecified atom stereocenters. The standard InChI is InChI=1S/C16H17ClN4O3/c1-3-6-18-14-8-13(19-9-20-14)15(22)21-12-7-10(16(23)24-2)4-5-11(12)17/h4-5,7-9H,3,6H2,1-2H3,(H,21,22)(H,18,19,20). The van der Waals surface area contributed by atoms with E-state index in [9.17, 15) is 9.59 Å². The Kier molecular flexibility index (Phi) is 6.08. The second-order valence-corrected chi connectivity index (χ2v) is 5.26. The molecule has 1 amide bonds. The van der Waals surface area contributed by atoms with Crippen molar-refractivity contribution >= 4 is 35.0 Å². The minimum absolute atomic E-state index is 0.183. The minimum Gasteiger partial charge on any atom is -0.465 e. The summed E-state index contributed by atoms with van der Waals surface area (Å²) in [6, 6.07) is 6.02. The molecular weight excluding hydrogens is 332 g/mol. The van der Waals surface area contributed by atoms with Crippen LogP contribution in [0.25, 0.3) is 0 Å². The van der Waals surface area contributed by atoms with Crippen molar-refractivity contribution in [1.29, 1.82) is 0 Å². The number of halogens is 1. The van der Waals surface area contributed by atoms with Crippen molar-refractivity contribution in [3.8, 4) is 0 Å². The van der Waals surface area contributed by atoms with Crippen molar-refractivity contribution in [3.05, 3.63) is 46.9 Å². The van der Waals surface area contributed by atoms with Crippen molar-refractivity contribution in [3.63, 3.8) is 0 Å². The van der Waals surface area contributed by atoms with Gasteiger partial charge >= 0.3 is 5.97 Å². The van der Waals surface area contributed by atoms with Gasteiger partial charge in [-0.1, -0.05) is 18.5 Å². The van der Waals surface area contributed by atoms with Gasteiger partial charge < -0.3 is 15.4 Å². The van der Waals surface area contributed by atoms with E-state index in [0.29, 0.717) is 16.5 Å². The molecule has 2 rings (SSSR count). The van der Waals surface area contributed by atoms with E-state index in [1.165, 1.54) is 31.6 Å². The highest BCUT2D eigenvalue weighted by Crippen LogP contribution is 2.24. The van der Waals surface area contributed by atoms with E-state index in [0.717, 1.165) is 13.0 Å². The van der Waals surface area contributed by atoms with Gasteiger partial charge in [0.05, 0.1) is 23.4 Å². The van der Waals surface area contributed by atoms with Gasteiger partial charge in [-0.3, -0.25) is 4.79 Å². The summed E-state index contributed by atoms with van der Waals surface area (Å²) >= 11 is 6.06. The average molecular weight is 349 g/mol. The van der Waals surface area contributed by atoms with E-state index in [1.807, 2.05) is 6.92 Å². The first-order chi connectivity index (χ1) is 11.5. The van der Waals surface area contributed by atoms with E-state index >= 15 is 0 Å². The summed E-state index contributed by atoms with van der Waals surface area (Å²) in [5, 5.41) is 6.01. The molecule has 0 fully saturated rings. The van der Waals surface area contributed by atoms with Gasteiger partial charge in [0.25, 0.3) is 5.91 Å². The molecule has 1 aromatic carbocycles. The molecule has 0 aliphatic heterocycles. The summed E-state index contributed by atoms with van der Waals surface area (Å²) in [6.45, 7) is 2.77. The van der Waals surface area contributed by atoms with Crippen molar-refractivity contribution in [2.75, 3.05) is 24.3 Å². The first-order valence-electron chi connectivity index (χ1n) is 7.30. The number of methoxy groups -OCH3 is 1. The van der Waals surface area contributed by atoms with Crippen molar-refractivity contribution < 1.29 is 14.3 Å². The van der Waals surface area contributed by atoms with Crippen molar-refractivity contribution in [2.24, 2.45) is 0 Å². The summed E-state index contributed by atoms with van der Waals surface area (Å²) in [6.07, 6.45) is 2.24. The predicted octanol–water partition coefficient (Wildman–Crippen LogP) is 2.99. The Labute approximate surface area is 144 Å². The SMILES string of the molecule is CCCNc1cc(C(=O)Nc2cc(C(=O)OC)ccc2Cl)ncn1. The third kappa shape index (κ3) is 4.42. The summed E-state index contributed by atoms with van der Waals surface area (Å²) in [4.78, 5) is 31.9. The van der Waals surface area contributed by atoms with E-state index in [-0.39, 0.29) is 11.3 Å². The van der Waals surface area contributed by atoms with E-state index < -0.39 is 11.9 Å². The molecule has 0 radical (unpaired) electrons. The van der Waals surface area contributed by atoms with Crippen LogP contribution in [-0.4, -0.2) is 35.5 Å². The number of benzene rings is 1. The lowest BCUT2D eigenvalue weighted by Crippen LogP contribution is -2.15. The number of carbonyl (C=O) groups is 2. The molecule has 0 aliphatic carbocycles. The van der Waals surface area contributed by atoms with Gasteiger partial charge in [0, 0.05) is 12.6 Å². The maximum Gasteiger partial charge on any atom is 0.337 e. The molecule has 0 bridgehead atoms. The Morgan fingerprint density at radius 1 is 1.25 bits per heavy atom. The van der Waals surface area contributed by atoms with Gasteiger partial charge in [0.1, 0.15) is 17.8 Å². The van der Waals surface area contributed by atoms with Gasteiger partial charge in [-0.2, -0.15) is 0 Å². The third-order valence-electron chi connectivity index (χ3n) is 3.09. The Morgan fingerprint density at radius 3 is 2.75 bits per heavy atom. The van der Waals surface area contributed by atoms with Crippen LogP contribution in [0.5, 0.6) is 0 Å². The smallest absolute Gasteiger partial charge is 0.337 e. The van der Waals surface area contributed by atoms with Crippen LogP contribution in [0.4, 0.5) is 11.5 Å². The molecule has 0 atom stereocenters. The van der Waals surface area contributed by atoms with Gasteiger partial charge in [0.2, 0.25) is 0 Å². The number of amides is 1. The zero-order valence-electron chi connectivity index (χ0n) is 13.3. The Bertz CT molecular complexity index is 752. The van der Waals surface area contributed by atoms with E-state index in [1.54, 1.807) is 6.07 Å². The second-order valence-electron chi connectivity index (χ2n) is 4.86. The number of ether oxygens (including phenoxy) is 1.